The highest BCUT2D eigenvalue weighted by atomic mass is 32.2. The average Bonchev–Trinajstić information content (AvgIpc) is 3.25. The van der Waals surface area contributed by atoms with E-state index in [0.717, 1.165) is 39.9 Å². The van der Waals surface area contributed by atoms with Gasteiger partial charge in [0, 0.05) is 56.4 Å². The average molecular weight is 486 g/mol. The summed E-state index contributed by atoms with van der Waals surface area (Å²) >= 11 is 2.76. The van der Waals surface area contributed by atoms with Crippen LogP contribution in [0.4, 0.5) is 11.5 Å². The van der Waals surface area contributed by atoms with Gasteiger partial charge in [-0.1, -0.05) is 24.8 Å². The van der Waals surface area contributed by atoms with Crippen LogP contribution in [0.3, 0.4) is 0 Å². The molecule has 1 aliphatic heterocycles. The summed E-state index contributed by atoms with van der Waals surface area (Å²) in [7, 11) is 3.92. The van der Waals surface area contributed by atoms with E-state index in [1.54, 1.807) is 11.3 Å². The van der Waals surface area contributed by atoms with E-state index in [9.17, 15) is 9.59 Å². The fourth-order valence-corrected chi connectivity index (χ4v) is 5.34. The van der Waals surface area contributed by atoms with E-state index in [1.807, 2.05) is 48.2 Å². The van der Waals surface area contributed by atoms with Crippen LogP contribution in [0, 0.1) is 0 Å². The van der Waals surface area contributed by atoms with Crippen LogP contribution in [0.2, 0.25) is 0 Å². The van der Waals surface area contributed by atoms with Crippen LogP contribution in [0.1, 0.15) is 22.2 Å². The molecule has 33 heavy (non-hydrogen) atoms. The molecule has 174 valence electrons. The molecule has 10 heteroatoms. The summed E-state index contributed by atoms with van der Waals surface area (Å²) in [5, 5.41) is 10.5. The summed E-state index contributed by atoms with van der Waals surface area (Å²) in [4.78, 5) is 41.6. The molecule has 1 saturated heterocycles. The van der Waals surface area contributed by atoms with E-state index >= 15 is 0 Å². The van der Waals surface area contributed by atoms with E-state index in [1.165, 1.54) is 4.88 Å². The lowest BCUT2D eigenvalue weighted by Gasteiger charge is -2.35. The van der Waals surface area contributed by atoms with Gasteiger partial charge in [-0.3, -0.25) is 9.59 Å². The lowest BCUT2D eigenvalue weighted by atomic mass is 10.1. The van der Waals surface area contributed by atoms with Crippen LogP contribution >= 0.6 is 23.1 Å². The summed E-state index contributed by atoms with van der Waals surface area (Å²) < 4.78 is 0. The number of thioether (sulfide) groups is 1. The molecule has 3 aromatic rings. The monoisotopic (exact) mass is 485 g/mol. The van der Waals surface area contributed by atoms with Gasteiger partial charge >= 0.3 is 5.97 Å². The number of aromatic nitrogens is 2. The third-order valence-electron chi connectivity index (χ3n) is 5.55. The minimum absolute atomic E-state index is 0.0349. The van der Waals surface area contributed by atoms with E-state index < -0.39 is 5.97 Å². The number of fused-ring (bicyclic) bond motifs is 1. The van der Waals surface area contributed by atoms with Crippen LogP contribution in [0.15, 0.2) is 35.5 Å². The minimum atomic E-state index is -0.892. The topological polar surface area (TPSA) is 89.9 Å². The molecule has 1 aromatic carbocycles. The first-order chi connectivity index (χ1) is 15.9. The molecule has 1 fully saturated rings. The largest absolute Gasteiger partial charge is 0.481 e. The molecule has 0 spiro atoms. The third-order valence-corrected chi connectivity index (χ3v) is 7.56. The molecule has 4 rings (SSSR count). The summed E-state index contributed by atoms with van der Waals surface area (Å²) in [6.07, 6.45) is 0.909. The van der Waals surface area contributed by atoms with Gasteiger partial charge in [-0.25, -0.2) is 9.97 Å². The maximum absolute atomic E-state index is 13.1. The highest BCUT2D eigenvalue weighted by Crippen LogP contribution is 2.34. The van der Waals surface area contributed by atoms with E-state index in [0.29, 0.717) is 36.9 Å². The normalized spacial score (nSPS) is 14.0. The number of carbonyl (C=O) groups excluding carboxylic acids is 1. The second-order valence-electron chi connectivity index (χ2n) is 8.02. The van der Waals surface area contributed by atoms with Gasteiger partial charge in [0.1, 0.15) is 10.6 Å². The Morgan fingerprint density at radius 1 is 1.15 bits per heavy atom. The molecule has 0 aliphatic carbocycles. The molecule has 8 nitrogen and oxygen atoms in total. The molecule has 2 aromatic heterocycles. The third kappa shape index (κ3) is 5.22. The van der Waals surface area contributed by atoms with Crippen molar-refractivity contribution in [2.75, 3.05) is 55.8 Å². The van der Waals surface area contributed by atoms with Gasteiger partial charge in [0.25, 0.3) is 5.91 Å². The second kappa shape index (κ2) is 9.96. The summed E-state index contributed by atoms with van der Waals surface area (Å²) in [6, 6.07) is 9.81. The van der Waals surface area contributed by atoms with Crippen LogP contribution in [0.25, 0.3) is 10.2 Å². The minimum Gasteiger partial charge on any atom is -0.481 e. The molecular weight excluding hydrogens is 458 g/mol. The number of carboxylic acid groups (broad SMARTS) is 1. The zero-order valence-electron chi connectivity index (χ0n) is 18.9. The Morgan fingerprint density at radius 3 is 2.58 bits per heavy atom. The fraction of sp³-hybridized carbons (Fsp3) is 0.391. The van der Waals surface area contributed by atoms with Crippen molar-refractivity contribution in [3.63, 3.8) is 0 Å². The van der Waals surface area contributed by atoms with Crippen LogP contribution in [-0.4, -0.2) is 77.9 Å². The molecule has 1 amide bonds. The Balaban J connectivity index is 1.53. The number of aryl methyl sites for hydroxylation is 1. The molecule has 0 unspecified atom stereocenters. The lowest BCUT2D eigenvalue weighted by molar-refractivity contribution is -0.133. The predicted octanol–water partition coefficient (Wildman–Crippen LogP) is 3.46. The number of aliphatic carboxylic acids is 1. The number of nitrogens with zero attached hydrogens (tertiary/aromatic N) is 5. The second-order valence-corrected chi connectivity index (χ2v) is 10.1. The first-order valence-electron chi connectivity index (χ1n) is 10.8. The molecule has 3 heterocycles. The van der Waals surface area contributed by atoms with E-state index in [-0.39, 0.29) is 11.7 Å². The summed E-state index contributed by atoms with van der Waals surface area (Å²) in [5.41, 5.74) is 1.69. The molecule has 1 N–H and O–H groups in total. The number of amides is 1. The highest BCUT2D eigenvalue weighted by molar-refractivity contribution is 7.99. The highest BCUT2D eigenvalue weighted by Gasteiger charge is 2.25. The van der Waals surface area contributed by atoms with Gasteiger partial charge in [0.05, 0.1) is 11.1 Å². The van der Waals surface area contributed by atoms with Gasteiger partial charge in [0.2, 0.25) is 0 Å². The van der Waals surface area contributed by atoms with Gasteiger partial charge < -0.3 is 19.8 Å². The molecule has 0 bridgehead atoms. The molecular formula is C23H27N5O3S2. The lowest BCUT2D eigenvalue weighted by Crippen LogP contribution is -2.49. The number of benzene rings is 1. The Bertz CT molecular complexity index is 1170. The summed E-state index contributed by atoms with van der Waals surface area (Å²) in [5.74, 6) is -0.111. The standard InChI is InChI=1S/C23H27N5O3S2/c1-4-17-13-18-20(24-23(25-21(18)33-17)32-14-19(29)30)27-8-10-28(11-9-27)22(31)15-6-5-7-16(12-15)26(2)3/h5-7,12-13H,4,8-11,14H2,1-3H3,(H,29,30). The number of hydrogen-bond donors (Lipinski definition) is 1. The van der Waals surface area contributed by atoms with E-state index in [2.05, 4.69) is 22.9 Å². The van der Waals surface area contributed by atoms with Crippen LogP contribution < -0.4 is 9.80 Å². The maximum Gasteiger partial charge on any atom is 0.313 e. The van der Waals surface area contributed by atoms with Crippen molar-refractivity contribution < 1.29 is 14.7 Å². The SMILES string of the molecule is CCc1cc2c(N3CCN(C(=O)c4cccc(N(C)C)c4)CC3)nc(SCC(=O)O)nc2s1. The number of rotatable bonds is 7. The van der Waals surface area contributed by atoms with Gasteiger partial charge in [-0.2, -0.15) is 0 Å². The fourth-order valence-electron chi connectivity index (χ4n) is 3.76. The van der Waals surface area contributed by atoms with Crippen molar-refractivity contribution >= 4 is 56.7 Å². The van der Waals surface area contributed by atoms with Gasteiger partial charge in [-0.05, 0) is 30.7 Å². The Morgan fingerprint density at radius 2 is 1.91 bits per heavy atom. The molecule has 0 atom stereocenters. The van der Waals surface area contributed by atoms with E-state index in [4.69, 9.17) is 10.1 Å². The van der Waals surface area contributed by atoms with Crippen LogP contribution in [0.5, 0.6) is 0 Å². The van der Waals surface area contributed by atoms with Crippen molar-refractivity contribution in [2.45, 2.75) is 18.5 Å². The smallest absolute Gasteiger partial charge is 0.313 e. The Kier molecular flexibility index (Phi) is 7.04. The first kappa shape index (κ1) is 23.3. The van der Waals surface area contributed by atoms with Gasteiger partial charge in [0.15, 0.2) is 5.16 Å². The number of carboxylic acids is 1. The van der Waals surface area contributed by atoms with Crippen LogP contribution in [-0.2, 0) is 11.2 Å². The Hall–Kier alpha value is -2.85. The number of piperazine rings is 1. The maximum atomic E-state index is 13.1. The molecule has 0 saturated carbocycles. The molecule has 0 radical (unpaired) electrons. The number of hydrogen-bond acceptors (Lipinski definition) is 8. The number of carbonyl (C=O) groups is 2. The predicted molar refractivity (Wildman–Crippen MR) is 134 cm³/mol. The first-order valence-corrected chi connectivity index (χ1v) is 12.6. The van der Waals surface area contributed by atoms with Crippen molar-refractivity contribution in [1.82, 2.24) is 14.9 Å². The quantitative estimate of drug-likeness (QED) is 0.402. The van der Waals surface area contributed by atoms with Gasteiger partial charge in [-0.15, -0.1) is 11.3 Å². The molecule has 1 aliphatic rings. The van der Waals surface area contributed by atoms with Crippen molar-refractivity contribution in [3.05, 3.63) is 40.8 Å². The Labute approximate surface area is 201 Å². The van der Waals surface area contributed by atoms with Crippen molar-refractivity contribution in [3.8, 4) is 0 Å². The number of thiophene rings is 1. The van der Waals surface area contributed by atoms with Crippen molar-refractivity contribution in [1.29, 1.82) is 0 Å². The zero-order chi connectivity index (χ0) is 23.5. The zero-order valence-corrected chi connectivity index (χ0v) is 20.6. The summed E-state index contributed by atoms with van der Waals surface area (Å²) in [6.45, 7) is 4.61. The van der Waals surface area contributed by atoms with Crippen molar-refractivity contribution in [2.24, 2.45) is 0 Å². The number of anilines is 2.